The number of carbonyl (C=O) groups excluding carboxylic acids is 1. The van der Waals surface area contributed by atoms with E-state index in [-0.39, 0.29) is 11.8 Å². The van der Waals surface area contributed by atoms with Crippen LogP contribution in [0.3, 0.4) is 0 Å². The Morgan fingerprint density at radius 1 is 1.31 bits per heavy atom. The van der Waals surface area contributed by atoms with Crippen LogP contribution in [0.1, 0.15) is 46.0 Å². The SMILES string of the molecule is CC.[N-]=[N+]=NC(=O)C1CCCCC1. The molecule has 0 aromatic heterocycles. The fourth-order valence-corrected chi connectivity index (χ4v) is 1.48. The average Bonchev–Trinajstić information content (AvgIpc) is 2.23. The summed E-state index contributed by atoms with van der Waals surface area (Å²) in [5.74, 6) is -0.258. The Kier molecular flexibility index (Phi) is 7.02. The van der Waals surface area contributed by atoms with Crippen molar-refractivity contribution in [3.63, 3.8) is 0 Å². The molecule has 0 aliphatic heterocycles. The fraction of sp³-hybridized carbons (Fsp3) is 0.889. The first-order valence-corrected chi connectivity index (χ1v) is 4.93. The molecule has 1 amide bonds. The van der Waals surface area contributed by atoms with E-state index in [4.69, 9.17) is 5.53 Å². The third-order valence-corrected chi connectivity index (χ3v) is 2.10. The largest absolute Gasteiger partial charge is 0.292 e. The summed E-state index contributed by atoms with van der Waals surface area (Å²) in [6, 6.07) is 0. The van der Waals surface area contributed by atoms with Crippen LogP contribution >= 0.6 is 0 Å². The highest BCUT2D eigenvalue weighted by atomic mass is 16.1. The molecule has 1 aliphatic carbocycles. The van der Waals surface area contributed by atoms with Gasteiger partial charge in [-0.2, -0.15) is 0 Å². The van der Waals surface area contributed by atoms with Crippen molar-refractivity contribution in [3.05, 3.63) is 10.4 Å². The van der Waals surface area contributed by atoms with Crippen LogP contribution in [0.4, 0.5) is 0 Å². The summed E-state index contributed by atoms with van der Waals surface area (Å²) in [5, 5.41) is 3.09. The minimum Gasteiger partial charge on any atom is -0.292 e. The molecule has 0 aromatic rings. The van der Waals surface area contributed by atoms with E-state index < -0.39 is 0 Å². The smallest absolute Gasteiger partial charge is 0.222 e. The maximum atomic E-state index is 11.0. The predicted octanol–water partition coefficient (Wildman–Crippen LogP) is 3.43. The Bertz CT molecular complexity index is 191. The second-order valence-electron chi connectivity index (χ2n) is 2.86. The molecule has 1 fully saturated rings. The molecule has 4 heteroatoms. The van der Waals surface area contributed by atoms with Crippen LogP contribution in [0.15, 0.2) is 5.11 Å². The van der Waals surface area contributed by atoms with E-state index in [1.165, 1.54) is 6.42 Å². The summed E-state index contributed by atoms with van der Waals surface area (Å²) in [7, 11) is 0. The van der Waals surface area contributed by atoms with Crippen molar-refractivity contribution in [3.8, 4) is 0 Å². The van der Waals surface area contributed by atoms with E-state index in [9.17, 15) is 4.79 Å². The van der Waals surface area contributed by atoms with Gasteiger partial charge in [0.25, 0.3) is 0 Å². The molecule has 0 spiro atoms. The lowest BCUT2D eigenvalue weighted by atomic mass is 9.89. The van der Waals surface area contributed by atoms with Gasteiger partial charge in [0.15, 0.2) is 0 Å². The lowest BCUT2D eigenvalue weighted by molar-refractivity contribution is -0.122. The van der Waals surface area contributed by atoms with Crippen LogP contribution in [-0.2, 0) is 4.79 Å². The first-order chi connectivity index (χ1) is 6.34. The van der Waals surface area contributed by atoms with Crippen LogP contribution < -0.4 is 0 Å². The monoisotopic (exact) mass is 183 g/mol. The van der Waals surface area contributed by atoms with E-state index in [1.807, 2.05) is 13.8 Å². The summed E-state index contributed by atoms with van der Waals surface area (Å²) in [6.45, 7) is 4.00. The van der Waals surface area contributed by atoms with Gasteiger partial charge in [0.2, 0.25) is 5.91 Å². The highest BCUT2D eigenvalue weighted by Gasteiger charge is 2.19. The molecule has 0 N–H and O–H groups in total. The molecule has 0 atom stereocenters. The molecule has 1 aliphatic rings. The number of rotatable bonds is 1. The van der Waals surface area contributed by atoms with E-state index in [2.05, 4.69) is 10.0 Å². The normalized spacial score (nSPS) is 16.5. The molecular formula is C9H17N3O. The molecule has 0 heterocycles. The van der Waals surface area contributed by atoms with Gasteiger partial charge in [-0.1, -0.05) is 33.1 Å². The van der Waals surface area contributed by atoms with Gasteiger partial charge in [-0.05, 0) is 23.5 Å². The van der Waals surface area contributed by atoms with E-state index >= 15 is 0 Å². The van der Waals surface area contributed by atoms with Gasteiger partial charge in [0.05, 0.1) is 0 Å². The Labute approximate surface area is 79.0 Å². The van der Waals surface area contributed by atoms with Gasteiger partial charge in [-0.3, -0.25) is 4.79 Å². The van der Waals surface area contributed by atoms with Crippen LogP contribution in [0.25, 0.3) is 10.4 Å². The second kappa shape index (κ2) is 7.62. The number of carbonyl (C=O) groups is 1. The molecule has 4 nitrogen and oxygen atoms in total. The van der Waals surface area contributed by atoms with Crippen LogP contribution in [0.5, 0.6) is 0 Å². The molecular weight excluding hydrogens is 166 g/mol. The highest BCUT2D eigenvalue weighted by molar-refractivity contribution is 5.79. The summed E-state index contributed by atoms with van der Waals surface area (Å²) in [4.78, 5) is 13.5. The number of amides is 1. The van der Waals surface area contributed by atoms with Crippen molar-refractivity contribution >= 4 is 5.91 Å². The van der Waals surface area contributed by atoms with Gasteiger partial charge in [-0.15, -0.1) is 0 Å². The maximum Gasteiger partial charge on any atom is 0.222 e. The average molecular weight is 183 g/mol. The molecule has 13 heavy (non-hydrogen) atoms. The summed E-state index contributed by atoms with van der Waals surface area (Å²) < 4.78 is 0. The third kappa shape index (κ3) is 4.53. The van der Waals surface area contributed by atoms with Crippen LogP contribution in [0, 0.1) is 5.92 Å². The van der Waals surface area contributed by atoms with Crippen molar-refractivity contribution in [1.82, 2.24) is 0 Å². The number of azide groups is 1. The lowest BCUT2D eigenvalue weighted by Gasteiger charge is -2.17. The van der Waals surface area contributed by atoms with E-state index in [0.29, 0.717) is 0 Å². The zero-order chi connectivity index (χ0) is 10.1. The minimum atomic E-state index is -0.271. The first kappa shape index (κ1) is 12.0. The van der Waals surface area contributed by atoms with Crippen molar-refractivity contribution < 1.29 is 4.79 Å². The van der Waals surface area contributed by atoms with Crippen LogP contribution in [-0.4, -0.2) is 5.91 Å². The Balaban J connectivity index is 0.000000671. The van der Waals surface area contributed by atoms with Crippen molar-refractivity contribution in [2.24, 2.45) is 11.0 Å². The minimum absolute atomic E-state index is 0.0136. The molecule has 0 bridgehead atoms. The zero-order valence-corrected chi connectivity index (χ0v) is 8.36. The van der Waals surface area contributed by atoms with Gasteiger partial charge in [0, 0.05) is 10.8 Å². The third-order valence-electron chi connectivity index (χ3n) is 2.10. The van der Waals surface area contributed by atoms with Crippen molar-refractivity contribution in [2.75, 3.05) is 0 Å². The number of hydrogen-bond donors (Lipinski definition) is 0. The maximum absolute atomic E-state index is 11.0. The number of nitrogens with zero attached hydrogens (tertiary/aromatic N) is 3. The Morgan fingerprint density at radius 2 is 1.85 bits per heavy atom. The Morgan fingerprint density at radius 3 is 2.31 bits per heavy atom. The highest BCUT2D eigenvalue weighted by Crippen LogP contribution is 2.24. The molecule has 0 aromatic carbocycles. The summed E-state index contributed by atoms with van der Waals surface area (Å²) in [6.07, 6.45) is 5.20. The summed E-state index contributed by atoms with van der Waals surface area (Å²) >= 11 is 0. The molecule has 74 valence electrons. The quantitative estimate of drug-likeness (QED) is 0.349. The molecule has 0 unspecified atom stereocenters. The van der Waals surface area contributed by atoms with Crippen molar-refractivity contribution in [1.29, 1.82) is 0 Å². The molecule has 0 saturated heterocycles. The second-order valence-corrected chi connectivity index (χ2v) is 2.86. The first-order valence-electron chi connectivity index (χ1n) is 4.93. The van der Waals surface area contributed by atoms with Gasteiger partial charge < -0.3 is 0 Å². The standard InChI is InChI=1S/C7H11N3O.C2H6/c8-10-9-7(11)6-4-2-1-3-5-6;1-2/h6H,1-5H2;1-2H3. The van der Waals surface area contributed by atoms with Gasteiger partial charge in [-0.25, -0.2) is 0 Å². The predicted molar refractivity (Wildman–Crippen MR) is 52.1 cm³/mol. The van der Waals surface area contributed by atoms with Crippen LogP contribution in [0.2, 0.25) is 0 Å². The topological polar surface area (TPSA) is 65.8 Å². The Hall–Kier alpha value is -1.02. The lowest BCUT2D eigenvalue weighted by Crippen LogP contribution is -2.14. The number of hydrogen-bond acceptors (Lipinski definition) is 1. The zero-order valence-electron chi connectivity index (χ0n) is 8.36. The summed E-state index contributed by atoms with van der Waals surface area (Å²) in [5.41, 5.74) is 8.00. The molecule has 1 rings (SSSR count). The van der Waals surface area contributed by atoms with Gasteiger partial charge in [0.1, 0.15) is 0 Å². The van der Waals surface area contributed by atoms with Gasteiger partial charge >= 0.3 is 0 Å². The van der Waals surface area contributed by atoms with E-state index in [0.717, 1.165) is 25.7 Å². The van der Waals surface area contributed by atoms with Crippen molar-refractivity contribution in [2.45, 2.75) is 46.0 Å². The molecule has 0 radical (unpaired) electrons. The molecule has 1 saturated carbocycles. The fourth-order valence-electron chi connectivity index (χ4n) is 1.48. The van der Waals surface area contributed by atoms with E-state index in [1.54, 1.807) is 0 Å².